The van der Waals surface area contributed by atoms with Crippen molar-refractivity contribution >= 4 is 28.9 Å². The Morgan fingerprint density at radius 1 is 1.14 bits per heavy atom. The maximum atomic E-state index is 11.2. The summed E-state index contributed by atoms with van der Waals surface area (Å²) in [4.78, 5) is 11.1. The zero-order valence-electron chi connectivity index (χ0n) is 12.4. The molecule has 8 heteroatoms. The van der Waals surface area contributed by atoms with Crippen molar-refractivity contribution in [3.05, 3.63) is 47.5 Å². The van der Waals surface area contributed by atoms with Gasteiger partial charge in [0.05, 0.1) is 0 Å². The van der Waals surface area contributed by atoms with Gasteiger partial charge in [-0.25, -0.2) is 0 Å². The smallest absolute Gasteiger partial charge is 0.872 e. The molecule has 1 atom stereocenters. The van der Waals surface area contributed by atoms with Crippen LogP contribution in [-0.4, -0.2) is 10.00 Å². The number of aryl methyl sites for hydroxylation is 2. The number of hydrogen-bond acceptors (Lipinski definition) is 5. The summed E-state index contributed by atoms with van der Waals surface area (Å²) in [7, 11) is 0. The minimum atomic E-state index is -3.15. The van der Waals surface area contributed by atoms with Gasteiger partial charge >= 0.3 is 29.6 Å². The Labute approximate surface area is 160 Å². The van der Waals surface area contributed by atoms with Crippen LogP contribution in [0.2, 0.25) is 0 Å². The molecule has 0 amide bonds. The Kier molecular flexibility index (Phi) is 7.27. The van der Waals surface area contributed by atoms with Crippen LogP contribution >= 0.6 is 17.1 Å². The third kappa shape index (κ3) is 5.46. The van der Waals surface area contributed by atoms with Crippen molar-refractivity contribution in [1.29, 1.82) is 0 Å². The summed E-state index contributed by atoms with van der Waals surface area (Å²) >= 11 is 6.22. The second-order valence-electron chi connectivity index (χ2n) is 4.53. The van der Waals surface area contributed by atoms with Crippen LogP contribution in [0.25, 0.3) is 0 Å². The van der Waals surface area contributed by atoms with Gasteiger partial charge < -0.3 is 19.6 Å². The number of benzene rings is 2. The molecule has 2 rings (SSSR count). The number of aromatic hydroxyl groups is 1. The van der Waals surface area contributed by atoms with E-state index in [4.69, 9.17) is 16.3 Å². The minimum absolute atomic E-state index is 0. The molecule has 22 heavy (non-hydrogen) atoms. The SMILES string of the molecule is Cc1cc([O-])ccc1OP(O)(=S)Sc1ccc(O)cc1C.[Na+]. The first-order valence-electron chi connectivity index (χ1n) is 6.06. The van der Waals surface area contributed by atoms with E-state index in [1.54, 1.807) is 19.1 Å². The summed E-state index contributed by atoms with van der Waals surface area (Å²) < 4.78 is 5.52. The predicted molar refractivity (Wildman–Crippen MR) is 86.5 cm³/mol. The van der Waals surface area contributed by atoms with Gasteiger partial charge in [0.25, 0.3) is 5.69 Å². The van der Waals surface area contributed by atoms with Crippen LogP contribution < -0.4 is 39.2 Å². The summed E-state index contributed by atoms with van der Waals surface area (Å²) in [5.74, 6) is 0.448. The van der Waals surface area contributed by atoms with Gasteiger partial charge in [0.2, 0.25) is 0 Å². The van der Waals surface area contributed by atoms with Crippen LogP contribution in [0.4, 0.5) is 0 Å². The molecule has 0 aliphatic rings. The third-order valence-electron chi connectivity index (χ3n) is 2.73. The summed E-state index contributed by atoms with van der Waals surface area (Å²) in [5.41, 5.74) is -1.72. The van der Waals surface area contributed by atoms with Crippen molar-refractivity contribution in [2.24, 2.45) is 0 Å². The van der Waals surface area contributed by atoms with Gasteiger partial charge in [0, 0.05) is 4.90 Å². The molecule has 1 unspecified atom stereocenters. The van der Waals surface area contributed by atoms with E-state index in [0.29, 0.717) is 11.3 Å². The molecule has 4 nitrogen and oxygen atoms in total. The number of phenols is 1. The van der Waals surface area contributed by atoms with Gasteiger partial charge in [-0.2, -0.15) is 0 Å². The molecule has 0 spiro atoms. The van der Waals surface area contributed by atoms with Crippen LogP contribution in [0, 0.1) is 13.8 Å². The van der Waals surface area contributed by atoms with Gasteiger partial charge in [0.1, 0.15) is 11.5 Å². The average molecular weight is 364 g/mol. The zero-order valence-corrected chi connectivity index (χ0v) is 17.0. The minimum Gasteiger partial charge on any atom is -0.872 e. The van der Waals surface area contributed by atoms with Crippen LogP contribution in [-0.2, 0) is 11.8 Å². The quantitative estimate of drug-likeness (QED) is 0.607. The maximum Gasteiger partial charge on any atom is 1.00 e. The van der Waals surface area contributed by atoms with E-state index in [1.165, 1.54) is 24.3 Å². The molecule has 2 aromatic rings. The van der Waals surface area contributed by atoms with Crippen molar-refractivity contribution in [3.8, 4) is 17.2 Å². The first-order chi connectivity index (χ1) is 9.77. The van der Waals surface area contributed by atoms with E-state index in [1.807, 2.05) is 6.92 Å². The van der Waals surface area contributed by atoms with Crippen LogP contribution in [0.1, 0.15) is 11.1 Å². The Hall–Kier alpha value is -0.200. The van der Waals surface area contributed by atoms with E-state index in [-0.39, 0.29) is 41.1 Å². The van der Waals surface area contributed by atoms with Gasteiger partial charge in [0.15, 0.2) is 0 Å². The Morgan fingerprint density at radius 3 is 2.41 bits per heavy atom. The van der Waals surface area contributed by atoms with Gasteiger partial charge in [-0.15, -0.1) is 5.75 Å². The fourth-order valence-electron chi connectivity index (χ4n) is 1.73. The predicted octanol–water partition coefficient (Wildman–Crippen LogP) is 0.475. The van der Waals surface area contributed by atoms with Crippen LogP contribution in [0.3, 0.4) is 0 Å². The molecule has 0 saturated heterocycles. The number of phenolic OH excluding ortho intramolecular Hbond substituents is 1. The Bertz CT molecular complexity index is 666. The maximum absolute atomic E-state index is 11.2. The first kappa shape index (κ1) is 19.8. The summed E-state index contributed by atoms with van der Waals surface area (Å²) in [6, 6.07) is 9.12. The molecular formula is C14H14NaO4PS2. The first-order valence-corrected chi connectivity index (χ1v) is 10.2. The fourth-order valence-corrected chi connectivity index (χ4v) is 5.48. The van der Waals surface area contributed by atoms with Crippen molar-refractivity contribution in [2.45, 2.75) is 18.7 Å². The molecule has 2 N–H and O–H groups in total. The van der Waals surface area contributed by atoms with Crippen molar-refractivity contribution < 1.29 is 49.2 Å². The molecular weight excluding hydrogens is 350 g/mol. The Morgan fingerprint density at radius 2 is 1.82 bits per heavy atom. The summed E-state index contributed by atoms with van der Waals surface area (Å²) in [6.07, 6.45) is 0. The molecule has 0 bridgehead atoms. The number of rotatable bonds is 4. The molecule has 0 aliphatic heterocycles. The molecule has 2 aromatic carbocycles. The van der Waals surface area contributed by atoms with Crippen LogP contribution in [0.5, 0.6) is 17.2 Å². The standard InChI is InChI=1S/C14H15O4PS2.Na/c1-9-7-11(15)3-5-13(9)18-19(17,20)21-14-6-4-12(16)8-10(14)2;/h3-8,15-16H,1-2H3,(H,17,20);/q;+1/p-1. The van der Waals surface area contributed by atoms with Crippen molar-refractivity contribution in [3.63, 3.8) is 0 Å². The third-order valence-corrected chi connectivity index (χ3v) is 6.45. The average Bonchev–Trinajstić information content (AvgIpc) is 2.36. The molecule has 0 radical (unpaired) electrons. The molecule has 0 saturated carbocycles. The van der Waals surface area contributed by atoms with Crippen molar-refractivity contribution in [1.82, 2.24) is 0 Å². The topological polar surface area (TPSA) is 72.8 Å². The fraction of sp³-hybridized carbons (Fsp3) is 0.143. The van der Waals surface area contributed by atoms with Gasteiger partial charge in [-0.3, -0.25) is 0 Å². The molecule has 0 heterocycles. The zero-order chi connectivity index (χ0) is 15.6. The summed E-state index contributed by atoms with van der Waals surface area (Å²) in [6.45, 7) is 3.54. The number of hydrogen-bond donors (Lipinski definition) is 2. The summed E-state index contributed by atoms with van der Waals surface area (Å²) in [5, 5.41) is 20.6. The second-order valence-corrected chi connectivity index (χ2v) is 10.5. The monoisotopic (exact) mass is 364 g/mol. The second kappa shape index (κ2) is 8.06. The molecule has 0 fully saturated rings. The molecule has 112 valence electrons. The van der Waals surface area contributed by atoms with Gasteiger partial charge in [-0.05, 0) is 72.4 Å². The molecule has 0 aliphatic carbocycles. The largest absolute Gasteiger partial charge is 1.00 e. The van der Waals surface area contributed by atoms with Crippen molar-refractivity contribution in [2.75, 3.05) is 0 Å². The van der Waals surface area contributed by atoms with E-state index in [2.05, 4.69) is 0 Å². The van der Waals surface area contributed by atoms with E-state index in [9.17, 15) is 15.1 Å². The van der Waals surface area contributed by atoms with E-state index in [0.717, 1.165) is 21.8 Å². The normalized spacial score (nSPS) is 13.0. The van der Waals surface area contributed by atoms with Gasteiger partial charge in [-0.1, -0.05) is 12.1 Å². The molecule has 0 aromatic heterocycles. The van der Waals surface area contributed by atoms with Crippen LogP contribution in [0.15, 0.2) is 41.3 Å². The van der Waals surface area contributed by atoms with E-state index < -0.39 is 5.69 Å². The Balaban J connectivity index is 0.00000242. The van der Waals surface area contributed by atoms with E-state index >= 15 is 0 Å².